The van der Waals surface area contributed by atoms with Crippen molar-refractivity contribution in [3.63, 3.8) is 0 Å². The summed E-state index contributed by atoms with van der Waals surface area (Å²) in [6, 6.07) is 2.17. The average molecular weight is 252 g/mol. The van der Waals surface area contributed by atoms with E-state index in [4.69, 9.17) is 0 Å². The fourth-order valence-electron chi connectivity index (χ4n) is 2.21. The van der Waals surface area contributed by atoms with Crippen LogP contribution >= 0.6 is 0 Å². The predicted octanol–water partition coefficient (Wildman–Crippen LogP) is 2.03. The Kier molecular flexibility index (Phi) is 6.98. The van der Waals surface area contributed by atoms with Gasteiger partial charge in [-0.15, -0.1) is 0 Å². The normalized spacial score (nSPS) is 11.4. The fraction of sp³-hybridized carbons (Fsp3) is 0.786. The Morgan fingerprint density at radius 1 is 1.28 bits per heavy atom. The molecule has 1 aromatic rings. The van der Waals surface area contributed by atoms with Crippen molar-refractivity contribution in [2.24, 2.45) is 0 Å². The molecule has 0 unspecified atom stereocenters. The van der Waals surface area contributed by atoms with E-state index in [0.717, 1.165) is 38.4 Å². The Bertz CT molecular complexity index is 333. The zero-order valence-corrected chi connectivity index (χ0v) is 12.4. The molecule has 1 N–H and O–H groups in total. The molecular formula is C14H28N4. The second-order valence-corrected chi connectivity index (χ2v) is 4.70. The van der Waals surface area contributed by atoms with Crippen molar-refractivity contribution in [3.05, 3.63) is 17.5 Å². The molecule has 4 nitrogen and oxygen atoms in total. The third-order valence-corrected chi connectivity index (χ3v) is 3.18. The van der Waals surface area contributed by atoms with Crippen molar-refractivity contribution in [3.8, 4) is 0 Å². The standard InChI is InChI=1S/C14H28N4/c1-5-9-17(6-2)10-8-15-12-14-11-13(4)16-18(14)7-3/h11,15H,5-10,12H2,1-4H3. The summed E-state index contributed by atoms with van der Waals surface area (Å²) < 4.78 is 2.08. The van der Waals surface area contributed by atoms with Crippen LogP contribution in [0.5, 0.6) is 0 Å². The van der Waals surface area contributed by atoms with E-state index in [-0.39, 0.29) is 0 Å². The number of hydrogen-bond donors (Lipinski definition) is 1. The lowest BCUT2D eigenvalue weighted by Crippen LogP contribution is -2.32. The summed E-state index contributed by atoms with van der Waals surface area (Å²) in [4.78, 5) is 2.48. The first-order valence-corrected chi connectivity index (χ1v) is 7.17. The van der Waals surface area contributed by atoms with Gasteiger partial charge in [-0.2, -0.15) is 5.10 Å². The van der Waals surface area contributed by atoms with Crippen molar-refractivity contribution >= 4 is 0 Å². The van der Waals surface area contributed by atoms with Crippen molar-refractivity contribution in [1.82, 2.24) is 20.0 Å². The third kappa shape index (κ3) is 4.78. The molecule has 0 aliphatic carbocycles. The minimum Gasteiger partial charge on any atom is -0.310 e. The minimum atomic E-state index is 0.915. The molecule has 1 aromatic heterocycles. The zero-order chi connectivity index (χ0) is 13.4. The van der Waals surface area contributed by atoms with Crippen molar-refractivity contribution < 1.29 is 0 Å². The molecule has 0 aliphatic heterocycles. The minimum absolute atomic E-state index is 0.915. The summed E-state index contributed by atoms with van der Waals surface area (Å²) in [5.74, 6) is 0. The Hall–Kier alpha value is -0.870. The van der Waals surface area contributed by atoms with Gasteiger partial charge in [0.25, 0.3) is 0 Å². The van der Waals surface area contributed by atoms with Crippen molar-refractivity contribution in [1.29, 1.82) is 0 Å². The molecule has 0 spiro atoms. The first kappa shape index (κ1) is 15.2. The van der Waals surface area contributed by atoms with Crippen LogP contribution in [0.3, 0.4) is 0 Å². The molecule has 18 heavy (non-hydrogen) atoms. The van der Waals surface area contributed by atoms with Gasteiger partial charge >= 0.3 is 0 Å². The Morgan fingerprint density at radius 2 is 2.06 bits per heavy atom. The van der Waals surface area contributed by atoms with Crippen LogP contribution in [0, 0.1) is 6.92 Å². The molecule has 1 heterocycles. The van der Waals surface area contributed by atoms with Gasteiger partial charge in [0, 0.05) is 26.2 Å². The number of aryl methyl sites for hydroxylation is 2. The highest BCUT2D eigenvalue weighted by molar-refractivity contribution is 5.08. The maximum atomic E-state index is 4.45. The largest absolute Gasteiger partial charge is 0.310 e. The molecule has 0 radical (unpaired) electrons. The number of hydrogen-bond acceptors (Lipinski definition) is 3. The van der Waals surface area contributed by atoms with E-state index < -0.39 is 0 Å². The highest BCUT2D eigenvalue weighted by Crippen LogP contribution is 2.03. The third-order valence-electron chi connectivity index (χ3n) is 3.18. The first-order valence-electron chi connectivity index (χ1n) is 7.17. The number of nitrogens with one attached hydrogen (secondary N) is 1. The van der Waals surface area contributed by atoms with Crippen molar-refractivity contribution in [2.75, 3.05) is 26.2 Å². The zero-order valence-electron chi connectivity index (χ0n) is 12.4. The number of likely N-dealkylation sites (N-methyl/N-ethyl adjacent to an activating group) is 1. The molecule has 0 amide bonds. The molecule has 0 saturated carbocycles. The van der Waals surface area contributed by atoms with Crippen LogP contribution in [0.4, 0.5) is 0 Å². The Balaban J connectivity index is 2.28. The quantitative estimate of drug-likeness (QED) is 0.683. The summed E-state index contributed by atoms with van der Waals surface area (Å²) in [5, 5.41) is 7.97. The van der Waals surface area contributed by atoms with Crippen LogP contribution in [0.2, 0.25) is 0 Å². The predicted molar refractivity (Wildman–Crippen MR) is 76.7 cm³/mol. The van der Waals surface area contributed by atoms with Gasteiger partial charge in [-0.1, -0.05) is 13.8 Å². The number of aromatic nitrogens is 2. The van der Waals surface area contributed by atoms with Gasteiger partial charge in [0.2, 0.25) is 0 Å². The van der Waals surface area contributed by atoms with Crippen LogP contribution in [0.25, 0.3) is 0 Å². The van der Waals surface area contributed by atoms with Gasteiger partial charge in [0.15, 0.2) is 0 Å². The first-order chi connectivity index (χ1) is 8.71. The van der Waals surface area contributed by atoms with Gasteiger partial charge in [-0.25, -0.2) is 0 Å². The SMILES string of the molecule is CCCN(CC)CCNCc1cc(C)nn1CC. The smallest absolute Gasteiger partial charge is 0.0597 e. The van der Waals surface area contributed by atoms with Gasteiger partial charge in [0.1, 0.15) is 0 Å². The lowest BCUT2D eigenvalue weighted by Gasteiger charge is -2.19. The van der Waals surface area contributed by atoms with E-state index in [1.807, 2.05) is 0 Å². The fourth-order valence-corrected chi connectivity index (χ4v) is 2.21. The summed E-state index contributed by atoms with van der Waals surface area (Å²) in [6.07, 6.45) is 1.23. The summed E-state index contributed by atoms with van der Waals surface area (Å²) >= 11 is 0. The molecule has 0 saturated heterocycles. The van der Waals surface area contributed by atoms with E-state index in [9.17, 15) is 0 Å². The van der Waals surface area contributed by atoms with E-state index in [2.05, 4.69) is 53.8 Å². The maximum absolute atomic E-state index is 4.45. The summed E-state index contributed by atoms with van der Waals surface area (Å²) in [5.41, 5.74) is 2.39. The second kappa shape index (κ2) is 8.27. The molecule has 0 fully saturated rings. The lowest BCUT2D eigenvalue weighted by molar-refractivity contribution is 0.287. The summed E-state index contributed by atoms with van der Waals surface area (Å²) in [7, 11) is 0. The van der Waals surface area contributed by atoms with Crippen LogP contribution < -0.4 is 5.32 Å². The monoisotopic (exact) mass is 252 g/mol. The Morgan fingerprint density at radius 3 is 2.67 bits per heavy atom. The topological polar surface area (TPSA) is 33.1 Å². The molecule has 0 aliphatic rings. The van der Waals surface area contributed by atoms with Crippen molar-refractivity contribution in [2.45, 2.75) is 47.2 Å². The molecule has 104 valence electrons. The number of rotatable bonds is 9. The average Bonchev–Trinajstić information content (AvgIpc) is 2.73. The highest BCUT2D eigenvalue weighted by atomic mass is 15.3. The van der Waals surface area contributed by atoms with Crippen LogP contribution in [0.15, 0.2) is 6.07 Å². The van der Waals surface area contributed by atoms with E-state index in [0.29, 0.717) is 0 Å². The molecule has 4 heteroatoms. The summed E-state index contributed by atoms with van der Waals surface area (Å²) in [6.45, 7) is 15.0. The van der Waals surface area contributed by atoms with E-state index in [1.54, 1.807) is 0 Å². The maximum Gasteiger partial charge on any atom is 0.0597 e. The molecule has 0 bridgehead atoms. The van der Waals surface area contributed by atoms with Crippen LogP contribution in [0.1, 0.15) is 38.6 Å². The Labute approximate surface area is 111 Å². The van der Waals surface area contributed by atoms with E-state index >= 15 is 0 Å². The second-order valence-electron chi connectivity index (χ2n) is 4.70. The highest BCUT2D eigenvalue weighted by Gasteiger charge is 2.04. The van der Waals surface area contributed by atoms with Gasteiger partial charge < -0.3 is 10.2 Å². The van der Waals surface area contributed by atoms with Crippen LogP contribution in [-0.2, 0) is 13.1 Å². The lowest BCUT2D eigenvalue weighted by atomic mass is 10.3. The van der Waals surface area contributed by atoms with E-state index in [1.165, 1.54) is 18.7 Å². The van der Waals surface area contributed by atoms with Gasteiger partial charge in [-0.05, 0) is 39.4 Å². The number of nitrogens with zero attached hydrogens (tertiary/aromatic N) is 3. The van der Waals surface area contributed by atoms with Gasteiger partial charge in [-0.3, -0.25) is 4.68 Å². The molecule has 0 atom stereocenters. The van der Waals surface area contributed by atoms with Crippen LogP contribution in [-0.4, -0.2) is 40.9 Å². The van der Waals surface area contributed by atoms with Gasteiger partial charge in [0.05, 0.1) is 11.4 Å². The molecular weight excluding hydrogens is 224 g/mol. The molecule has 0 aromatic carbocycles. The molecule has 1 rings (SSSR count).